The highest BCUT2D eigenvalue weighted by molar-refractivity contribution is 9.10. The SMILES string of the molecule is O=c1[nH]c2cc3nc(-c4ccc(Oc5ccc(Br)cc5)cc4)n(CCCN4CCCCC4)c3cc2nc1Cc1ccccc1. The molecule has 1 saturated heterocycles. The van der Waals surface area contributed by atoms with E-state index in [-0.39, 0.29) is 5.56 Å². The number of imidazole rings is 1. The molecule has 2 aromatic heterocycles. The van der Waals surface area contributed by atoms with Crippen molar-refractivity contribution >= 4 is 38.0 Å². The molecule has 7 nitrogen and oxygen atoms in total. The molecular weight excluding hydrogens is 614 g/mol. The van der Waals surface area contributed by atoms with Gasteiger partial charge < -0.3 is 19.2 Å². The lowest BCUT2D eigenvalue weighted by Gasteiger charge is -2.26. The Balaban J connectivity index is 1.24. The highest BCUT2D eigenvalue weighted by Crippen LogP contribution is 2.30. The van der Waals surface area contributed by atoms with Crippen molar-refractivity contribution in [2.24, 2.45) is 0 Å². The van der Waals surface area contributed by atoms with Crippen LogP contribution in [0.4, 0.5) is 0 Å². The van der Waals surface area contributed by atoms with E-state index < -0.39 is 0 Å². The van der Waals surface area contributed by atoms with Crippen LogP contribution < -0.4 is 10.3 Å². The molecule has 44 heavy (non-hydrogen) atoms. The second-order valence-electron chi connectivity index (χ2n) is 11.5. The first kappa shape index (κ1) is 28.5. The molecule has 1 fully saturated rings. The Morgan fingerprint density at radius 3 is 2.27 bits per heavy atom. The van der Waals surface area contributed by atoms with E-state index in [9.17, 15) is 4.79 Å². The summed E-state index contributed by atoms with van der Waals surface area (Å²) >= 11 is 3.47. The molecule has 1 aliphatic heterocycles. The number of nitrogens with zero attached hydrogens (tertiary/aromatic N) is 4. The summed E-state index contributed by atoms with van der Waals surface area (Å²) in [5, 5.41) is 0. The van der Waals surface area contributed by atoms with Crippen molar-refractivity contribution in [3.8, 4) is 22.9 Å². The number of aromatic nitrogens is 4. The summed E-state index contributed by atoms with van der Waals surface area (Å²) in [6.07, 6.45) is 5.42. The normalized spacial score (nSPS) is 13.9. The summed E-state index contributed by atoms with van der Waals surface area (Å²) in [6.45, 7) is 4.28. The average molecular weight is 649 g/mol. The number of benzene rings is 4. The number of nitrogens with one attached hydrogen (secondary N) is 1. The molecule has 1 N–H and O–H groups in total. The first-order valence-corrected chi connectivity index (χ1v) is 16.1. The van der Waals surface area contributed by atoms with Gasteiger partial charge in [0, 0.05) is 23.0 Å². The van der Waals surface area contributed by atoms with E-state index in [0.717, 1.165) is 69.0 Å². The van der Waals surface area contributed by atoms with Crippen LogP contribution in [0.3, 0.4) is 0 Å². The zero-order valence-electron chi connectivity index (χ0n) is 24.5. The number of H-pyrrole nitrogens is 1. The molecular formula is C36H34BrN5O2. The molecule has 0 amide bonds. The lowest BCUT2D eigenvalue weighted by atomic mass is 10.1. The predicted molar refractivity (Wildman–Crippen MR) is 179 cm³/mol. The maximum Gasteiger partial charge on any atom is 0.270 e. The van der Waals surface area contributed by atoms with Gasteiger partial charge in [-0.3, -0.25) is 4.79 Å². The third kappa shape index (κ3) is 6.32. The minimum Gasteiger partial charge on any atom is -0.457 e. The van der Waals surface area contributed by atoms with Gasteiger partial charge in [-0.1, -0.05) is 52.7 Å². The molecule has 0 aliphatic carbocycles. The van der Waals surface area contributed by atoms with Gasteiger partial charge in [-0.15, -0.1) is 0 Å². The fourth-order valence-corrected chi connectivity index (χ4v) is 6.31. The zero-order valence-corrected chi connectivity index (χ0v) is 26.1. The standard InChI is InChI=1S/C36H34BrN5O2/c37-27-12-16-29(17-13-27)44-28-14-10-26(11-15-28)35-39-32-23-30-31(38-33(36(43)40-30)22-25-8-3-1-4-9-25)24-34(32)42(35)21-7-20-41-18-5-2-6-19-41/h1,3-4,8-17,23-24H,2,5-7,18-22H2,(H,40,43). The number of ether oxygens (including phenoxy) is 1. The lowest BCUT2D eigenvalue weighted by Crippen LogP contribution is -2.31. The van der Waals surface area contributed by atoms with Gasteiger partial charge in [0.05, 0.1) is 22.1 Å². The van der Waals surface area contributed by atoms with Gasteiger partial charge in [-0.05, 0) is 105 Å². The molecule has 6 aromatic rings. The Morgan fingerprint density at radius 2 is 1.52 bits per heavy atom. The maximum absolute atomic E-state index is 13.0. The monoisotopic (exact) mass is 647 g/mol. The second-order valence-corrected chi connectivity index (χ2v) is 12.4. The summed E-state index contributed by atoms with van der Waals surface area (Å²) in [5.74, 6) is 2.45. The average Bonchev–Trinajstić information content (AvgIpc) is 3.40. The second kappa shape index (κ2) is 12.8. The highest BCUT2D eigenvalue weighted by atomic mass is 79.9. The number of piperidine rings is 1. The van der Waals surface area contributed by atoms with E-state index in [0.29, 0.717) is 17.6 Å². The first-order chi connectivity index (χ1) is 21.6. The van der Waals surface area contributed by atoms with E-state index in [1.54, 1.807) is 0 Å². The van der Waals surface area contributed by atoms with Crippen molar-refractivity contribution in [2.75, 3.05) is 19.6 Å². The Bertz CT molecular complexity index is 1940. The number of likely N-dealkylation sites (tertiary alicyclic amines) is 1. The topological polar surface area (TPSA) is 76.0 Å². The molecule has 0 unspecified atom stereocenters. The summed E-state index contributed by atoms with van der Waals surface area (Å²) in [5.41, 5.74) is 5.75. The van der Waals surface area contributed by atoms with Gasteiger partial charge in [0.2, 0.25) is 0 Å². The maximum atomic E-state index is 13.0. The molecule has 4 aromatic carbocycles. The Hall–Kier alpha value is -4.27. The van der Waals surface area contributed by atoms with Gasteiger partial charge in [-0.25, -0.2) is 9.97 Å². The van der Waals surface area contributed by atoms with Gasteiger partial charge in [-0.2, -0.15) is 0 Å². The molecule has 0 saturated carbocycles. The molecule has 1 aliphatic rings. The smallest absolute Gasteiger partial charge is 0.270 e. The molecule has 8 heteroatoms. The van der Waals surface area contributed by atoms with Crippen molar-refractivity contribution in [1.82, 2.24) is 24.4 Å². The Labute approximate surface area is 264 Å². The van der Waals surface area contributed by atoms with Crippen LogP contribution in [-0.2, 0) is 13.0 Å². The summed E-state index contributed by atoms with van der Waals surface area (Å²) in [6, 6.07) is 29.9. The van der Waals surface area contributed by atoms with E-state index >= 15 is 0 Å². The van der Waals surface area contributed by atoms with Gasteiger partial charge in [0.15, 0.2) is 0 Å². The van der Waals surface area contributed by atoms with Crippen molar-refractivity contribution < 1.29 is 4.74 Å². The van der Waals surface area contributed by atoms with Crippen LogP contribution in [0.1, 0.15) is 36.9 Å². The van der Waals surface area contributed by atoms with Crippen LogP contribution in [0.15, 0.2) is 100 Å². The lowest BCUT2D eigenvalue weighted by molar-refractivity contribution is 0.223. The number of hydrogen-bond acceptors (Lipinski definition) is 5. The van der Waals surface area contributed by atoms with E-state index in [1.165, 1.54) is 32.4 Å². The van der Waals surface area contributed by atoms with E-state index in [2.05, 4.69) is 48.6 Å². The summed E-state index contributed by atoms with van der Waals surface area (Å²) in [4.78, 5) is 28.6. The third-order valence-electron chi connectivity index (χ3n) is 8.31. The Morgan fingerprint density at radius 1 is 0.795 bits per heavy atom. The molecule has 7 rings (SSSR count). The Kier molecular flexibility index (Phi) is 8.27. The summed E-state index contributed by atoms with van der Waals surface area (Å²) < 4.78 is 9.39. The molecule has 0 spiro atoms. The van der Waals surface area contributed by atoms with Gasteiger partial charge >= 0.3 is 0 Å². The number of hydrogen-bond donors (Lipinski definition) is 1. The van der Waals surface area contributed by atoms with Crippen LogP contribution in [0.2, 0.25) is 0 Å². The minimum absolute atomic E-state index is 0.164. The van der Waals surface area contributed by atoms with Gasteiger partial charge in [0.25, 0.3) is 5.56 Å². The minimum atomic E-state index is -0.164. The van der Waals surface area contributed by atoms with Crippen molar-refractivity contribution in [3.05, 3.63) is 117 Å². The largest absolute Gasteiger partial charge is 0.457 e. The summed E-state index contributed by atoms with van der Waals surface area (Å²) in [7, 11) is 0. The number of rotatable bonds is 9. The first-order valence-electron chi connectivity index (χ1n) is 15.3. The molecule has 0 atom stereocenters. The van der Waals surface area contributed by atoms with Gasteiger partial charge in [0.1, 0.15) is 23.0 Å². The fraction of sp³-hybridized carbons (Fsp3) is 0.250. The predicted octanol–water partition coefficient (Wildman–Crippen LogP) is 7.96. The molecule has 0 bridgehead atoms. The van der Waals surface area contributed by atoms with E-state index in [1.807, 2.05) is 72.8 Å². The zero-order chi connectivity index (χ0) is 29.9. The van der Waals surface area contributed by atoms with Crippen LogP contribution in [0.5, 0.6) is 11.5 Å². The number of fused-ring (bicyclic) bond motifs is 2. The molecule has 0 radical (unpaired) electrons. The number of aryl methyl sites for hydroxylation is 1. The van der Waals surface area contributed by atoms with E-state index in [4.69, 9.17) is 14.7 Å². The van der Waals surface area contributed by atoms with Crippen LogP contribution in [-0.4, -0.2) is 44.1 Å². The fourth-order valence-electron chi connectivity index (χ4n) is 6.05. The van der Waals surface area contributed by atoms with Crippen LogP contribution in [0.25, 0.3) is 33.5 Å². The molecule has 3 heterocycles. The van der Waals surface area contributed by atoms with Crippen LogP contribution in [0, 0.1) is 0 Å². The molecule has 222 valence electrons. The quantitative estimate of drug-likeness (QED) is 0.172. The number of halogens is 1. The van der Waals surface area contributed by atoms with Crippen molar-refractivity contribution in [1.29, 1.82) is 0 Å². The van der Waals surface area contributed by atoms with Crippen molar-refractivity contribution in [3.63, 3.8) is 0 Å². The third-order valence-corrected chi connectivity index (χ3v) is 8.84. The van der Waals surface area contributed by atoms with Crippen molar-refractivity contribution in [2.45, 2.75) is 38.6 Å². The number of aromatic amines is 1. The highest BCUT2D eigenvalue weighted by Gasteiger charge is 2.17. The van der Waals surface area contributed by atoms with Crippen LogP contribution >= 0.6 is 15.9 Å².